The van der Waals surface area contributed by atoms with Gasteiger partial charge in [-0.05, 0) is 13.3 Å². The highest BCUT2D eigenvalue weighted by Crippen LogP contribution is 2.36. The smallest absolute Gasteiger partial charge is 0.323 e. The molecule has 7 nitrogen and oxygen atoms in total. The average Bonchev–Trinajstić information content (AvgIpc) is 2.82. The van der Waals surface area contributed by atoms with Crippen LogP contribution in [0.25, 0.3) is 0 Å². The number of ether oxygens (including phenoxy) is 3. The van der Waals surface area contributed by atoms with Crippen molar-refractivity contribution in [1.29, 1.82) is 0 Å². The van der Waals surface area contributed by atoms with Gasteiger partial charge in [-0.15, -0.1) is 0 Å². The number of carbonyl (C=O) groups excluding carboxylic acids is 1. The Morgan fingerprint density at radius 1 is 1.35 bits per heavy atom. The van der Waals surface area contributed by atoms with Crippen LogP contribution in [0.2, 0.25) is 0 Å². The Hall–Kier alpha value is -1.51. The summed E-state index contributed by atoms with van der Waals surface area (Å²) in [6.45, 7) is 3.06. The molecule has 1 aromatic rings. The van der Waals surface area contributed by atoms with Crippen molar-refractivity contribution in [3.63, 3.8) is 0 Å². The zero-order chi connectivity index (χ0) is 15.0. The quantitative estimate of drug-likeness (QED) is 0.285. The molecule has 1 aromatic heterocycles. The summed E-state index contributed by atoms with van der Waals surface area (Å²) < 4.78 is 15.4. The molecule has 0 aliphatic rings. The molecule has 8 heteroatoms. The van der Waals surface area contributed by atoms with E-state index in [1.54, 1.807) is 7.11 Å². The van der Waals surface area contributed by atoms with Crippen LogP contribution in [-0.2, 0) is 9.47 Å². The van der Waals surface area contributed by atoms with Gasteiger partial charge < -0.3 is 14.2 Å². The van der Waals surface area contributed by atoms with Crippen LogP contribution in [-0.4, -0.2) is 44.2 Å². The maximum absolute atomic E-state index is 11.2. The van der Waals surface area contributed by atoms with E-state index in [-0.39, 0.29) is 23.1 Å². The molecular formula is C12H17NO6S. The highest BCUT2D eigenvalue weighted by atomic mass is 32.1. The van der Waals surface area contributed by atoms with Gasteiger partial charge in [-0.1, -0.05) is 11.3 Å². The van der Waals surface area contributed by atoms with Crippen LogP contribution in [0.4, 0.5) is 5.69 Å². The van der Waals surface area contributed by atoms with Crippen LogP contribution < -0.4 is 4.74 Å². The summed E-state index contributed by atoms with van der Waals surface area (Å²) in [6, 6.07) is 1.24. The molecule has 0 unspecified atom stereocenters. The van der Waals surface area contributed by atoms with Gasteiger partial charge in [0.15, 0.2) is 5.78 Å². The first-order chi connectivity index (χ1) is 9.56. The second kappa shape index (κ2) is 8.62. The molecule has 1 heterocycles. The van der Waals surface area contributed by atoms with Gasteiger partial charge in [0.25, 0.3) is 5.06 Å². The molecule has 0 saturated heterocycles. The van der Waals surface area contributed by atoms with Gasteiger partial charge in [0, 0.05) is 26.4 Å². The fraction of sp³-hybridized carbons (Fsp3) is 0.583. The lowest BCUT2D eigenvalue weighted by Crippen LogP contribution is -2.08. The van der Waals surface area contributed by atoms with Crippen molar-refractivity contribution >= 4 is 22.8 Å². The maximum atomic E-state index is 11.2. The van der Waals surface area contributed by atoms with Crippen LogP contribution >= 0.6 is 11.3 Å². The van der Waals surface area contributed by atoms with Crippen LogP contribution in [0, 0.1) is 10.1 Å². The van der Waals surface area contributed by atoms with E-state index >= 15 is 0 Å². The maximum Gasteiger partial charge on any atom is 0.323 e. The Morgan fingerprint density at radius 2 is 2.10 bits per heavy atom. The second-order valence-electron chi connectivity index (χ2n) is 3.90. The first-order valence-corrected chi connectivity index (χ1v) is 6.86. The highest BCUT2D eigenvalue weighted by molar-refractivity contribution is 7.16. The molecule has 0 aromatic carbocycles. The van der Waals surface area contributed by atoms with Gasteiger partial charge in [-0.3, -0.25) is 14.9 Å². The lowest BCUT2D eigenvalue weighted by atomic mass is 10.3. The number of hydrogen-bond acceptors (Lipinski definition) is 7. The van der Waals surface area contributed by atoms with E-state index in [0.29, 0.717) is 24.7 Å². The fourth-order valence-electron chi connectivity index (χ4n) is 1.37. The summed E-state index contributed by atoms with van der Waals surface area (Å²) in [5.41, 5.74) is -0.181. The first-order valence-electron chi connectivity index (χ1n) is 6.05. The third-order valence-electron chi connectivity index (χ3n) is 2.32. The van der Waals surface area contributed by atoms with Crippen molar-refractivity contribution in [2.45, 2.75) is 13.3 Å². The van der Waals surface area contributed by atoms with Gasteiger partial charge >= 0.3 is 5.69 Å². The standard InChI is InChI=1S/C12H17NO6S/c1-9(14)11-8-10(13(15)16)12(20-11)19-7-6-18-5-3-4-17-2/h8H,3-7H2,1-2H3. The monoisotopic (exact) mass is 303 g/mol. The Bertz CT molecular complexity index is 459. The molecule has 0 aliphatic heterocycles. The number of nitrogens with zero attached hydrogens (tertiary/aromatic N) is 1. The summed E-state index contributed by atoms with van der Waals surface area (Å²) in [7, 11) is 1.62. The summed E-state index contributed by atoms with van der Waals surface area (Å²) in [6.07, 6.45) is 0.782. The Morgan fingerprint density at radius 3 is 2.70 bits per heavy atom. The lowest BCUT2D eigenvalue weighted by molar-refractivity contribution is -0.385. The molecule has 0 saturated carbocycles. The third kappa shape index (κ3) is 5.24. The number of thiophene rings is 1. The van der Waals surface area contributed by atoms with Crippen molar-refractivity contribution in [2.24, 2.45) is 0 Å². The van der Waals surface area contributed by atoms with Gasteiger partial charge in [0.05, 0.1) is 16.4 Å². The van der Waals surface area contributed by atoms with E-state index < -0.39 is 4.92 Å². The second-order valence-corrected chi connectivity index (χ2v) is 4.92. The number of rotatable bonds is 10. The summed E-state index contributed by atoms with van der Waals surface area (Å²) in [5, 5.41) is 11.0. The molecule has 0 aliphatic carbocycles. The molecule has 0 amide bonds. The van der Waals surface area contributed by atoms with E-state index in [1.165, 1.54) is 13.0 Å². The number of carbonyl (C=O) groups is 1. The van der Waals surface area contributed by atoms with E-state index in [0.717, 1.165) is 17.8 Å². The SMILES string of the molecule is COCCCOCCOc1sc(C(C)=O)cc1[N+](=O)[O-]. The van der Waals surface area contributed by atoms with Crippen molar-refractivity contribution < 1.29 is 23.9 Å². The summed E-state index contributed by atoms with van der Waals surface area (Å²) in [4.78, 5) is 21.8. The van der Waals surface area contributed by atoms with Crippen molar-refractivity contribution in [2.75, 3.05) is 33.5 Å². The minimum absolute atomic E-state index is 0.140. The molecule has 0 fully saturated rings. The van der Waals surface area contributed by atoms with Gasteiger partial charge in [0.2, 0.25) is 0 Å². The zero-order valence-electron chi connectivity index (χ0n) is 11.4. The number of ketones is 1. The Balaban J connectivity index is 2.42. The molecule has 0 spiro atoms. The fourth-order valence-corrected chi connectivity index (χ4v) is 2.26. The Labute approximate surface area is 120 Å². The number of methoxy groups -OCH3 is 1. The molecular weight excluding hydrogens is 286 g/mol. The summed E-state index contributed by atoms with van der Waals surface area (Å²) in [5.74, 6) is -0.219. The highest BCUT2D eigenvalue weighted by Gasteiger charge is 2.22. The minimum atomic E-state index is -0.558. The van der Waals surface area contributed by atoms with Crippen LogP contribution in [0.5, 0.6) is 5.06 Å². The molecule has 0 radical (unpaired) electrons. The van der Waals surface area contributed by atoms with Gasteiger partial charge in [-0.25, -0.2) is 0 Å². The molecule has 0 bridgehead atoms. The topological polar surface area (TPSA) is 87.9 Å². The predicted octanol–water partition coefficient (Wildman–Crippen LogP) is 2.29. The number of Topliss-reactive ketones (excluding diaryl/α,β-unsaturated/α-hetero) is 1. The van der Waals surface area contributed by atoms with Crippen molar-refractivity contribution in [1.82, 2.24) is 0 Å². The van der Waals surface area contributed by atoms with E-state index in [1.807, 2.05) is 0 Å². The zero-order valence-corrected chi connectivity index (χ0v) is 12.2. The molecule has 112 valence electrons. The summed E-state index contributed by atoms with van der Waals surface area (Å²) >= 11 is 0.979. The average molecular weight is 303 g/mol. The molecule has 20 heavy (non-hydrogen) atoms. The normalized spacial score (nSPS) is 10.5. The van der Waals surface area contributed by atoms with Crippen molar-refractivity contribution in [3.05, 3.63) is 21.1 Å². The van der Waals surface area contributed by atoms with E-state index in [4.69, 9.17) is 14.2 Å². The molecule has 0 atom stereocenters. The lowest BCUT2D eigenvalue weighted by Gasteiger charge is -2.05. The minimum Gasteiger partial charge on any atom is -0.477 e. The number of hydrogen-bond donors (Lipinski definition) is 0. The van der Waals surface area contributed by atoms with E-state index in [2.05, 4.69) is 0 Å². The third-order valence-corrected chi connectivity index (χ3v) is 3.46. The first kappa shape index (κ1) is 16.5. The van der Waals surface area contributed by atoms with Crippen LogP contribution in [0.3, 0.4) is 0 Å². The van der Waals surface area contributed by atoms with Gasteiger partial charge in [0.1, 0.15) is 6.61 Å². The number of nitro groups is 1. The molecule has 1 rings (SSSR count). The predicted molar refractivity (Wildman–Crippen MR) is 73.8 cm³/mol. The van der Waals surface area contributed by atoms with Gasteiger partial charge in [-0.2, -0.15) is 0 Å². The molecule has 0 N–H and O–H groups in total. The van der Waals surface area contributed by atoms with E-state index in [9.17, 15) is 14.9 Å². The van der Waals surface area contributed by atoms with Crippen LogP contribution in [0.15, 0.2) is 6.07 Å². The Kier molecular flexibility index (Phi) is 7.13. The van der Waals surface area contributed by atoms with Crippen molar-refractivity contribution in [3.8, 4) is 5.06 Å². The van der Waals surface area contributed by atoms with Crippen LogP contribution in [0.1, 0.15) is 23.0 Å². The largest absolute Gasteiger partial charge is 0.477 e.